The Balaban J connectivity index is 1.40. The average Bonchev–Trinajstić information content (AvgIpc) is 3.54. The molecule has 0 amide bonds. The number of guanidine groups is 1. The minimum atomic E-state index is 0.522. The summed E-state index contributed by atoms with van der Waals surface area (Å²) < 4.78 is 7.26. The Labute approximate surface area is 184 Å². The zero-order chi connectivity index (χ0) is 21.6. The number of aryl methyl sites for hydroxylation is 1. The van der Waals surface area contributed by atoms with Crippen LogP contribution >= 0.6 is 0 Å². The fourth-order valence-electron chi connectivity index (χ4n) is 4.14. The second kappa shape index (κ2) is 9.96. The van der Waals surface area contributed by atoms with Crippen molar-refractivity contribution >= 4 is 5.96 Å². The van der Waals surface area contributed by atoms with E-state index in [0.717, 1.165) is 62.5 Å². The van der Waals surface area contributed by atoms with E-state index < -0.39 is 0 Å². The predicted molar refractivity (Wildman–Crippen MR) is 122 cm³/mol. The molecule has 1 fully saturated rings. The van der Waals surface area contributed by atoms with Crippen LogP contribution in [0, 0.1) is 6.92 Å². The Morgan fingerprint density at radius 2 is 1.97 bits per heavy atom. The molecule has 1 unspecified atom stereocenters. The molecule has 166 valence electrons. The van der Waals surface area contributed by atoms with E-state index in [4.69, 9.17) is 9.73 Å². The van der Waals surface area contributed by atoms with E-state index in [2.05, 4.69) is 49.6 Å². The molecule has 8 nitrogen and oxygen atoms in total. The van der Waals surface area contributed by atoms with E-state index in [0.29, 0.717) is 12.6 Å². The summed E-state index contributed by atoms with van der Waals surface area (Å²) >= 11 is 0. The smallest absolute Gasteiger partial charge is 0.194 e. The number of benzene rings is 1. The minimum absolute atomic E-state index is 0.522. The molecule has 1 saturated heterocycles. The normalized spacial score (nSPS) is 19.4. The second-order valence-electron chi connectivity index (χ2n) is 8.20. The van der Waals surface area contributed by atoms with Crippen molar-refractivity contribution in [2.24, 2.45) is 12.0 Å². The number of aliphatic imine (C=N–C) groups is 1. The summed E-state index contributed by atoms with van der Waals surface area (Å²) in [4.78, 5) is 9.86. The van der Waals surface area contributed by atoms with E-state index >= 15 is 0 Å². The lowest BCUT2D eigenvalue weighted by atomic mass is 10.1. The Morgan fingerprint density at radius 1 is 1.19 bits per heavy atom. The molecule has 2 aliphatic heterocycles. The third kappa shape index (κ3) is 5.25. The van der Waals surface area contributed by atoms with Gasteiger partial charge in [-0.05, 0) is 37.5 Å². The molecule has 3 heterocycles. The van der Waals surface area contributed by atoms with Crippen LogP contribution in [-0.4, -0.2) is 76.4 Å². The highest BCUT2D eigenvalue weighted by molar-refractivity contribution is 5.80. The number of nitrogens with zero attached hydrogens (tertiary/aromatic N) is 6. The molecule has 0 bridgehead atoms. The minimum Gasteiger partial charge on any atom is -0.497 e. The first kappa shape index (κ1) is 21.4. The van der Waals surface area contributed by atoms with E-state index in [-0.39, 0.29) is 0 Å². The lowest BCUT2D eigenvalue weighted by molar-refractivity contribution is 0.259. The molecular formula is C23H33N7O. The maximum atomic E-state index is 5.25. The third-order valence-corrected chi connectivity index (χ3v) is 6.23. The molecule has 31 heavy (non-hydrogen) atoms. The van der Waals surface area contributed by atoms with Crippen LogP contribution in [0.1, 0.15) is 23.6 Å². The standard InChI is InChI=1S/C23H33N7O/c1-18-26-27-22(28(18)2)16-25-23(24-12-10-19-6-8-21(31-3)9-7-19)30-15-11-20(17-30)29-13-4-5-14-29/h4-9,20H,10-17H2,1-3H3,(H,24,25). The molecule has 8 heteroatoms. The zero-order valence-electron chi connectivity index (χ0n) is 18.8. The highest BCUT2D eigenvalue weighted by Crippen LogP contribution is 2.18. The van der Waals surface area contributed by atoms with E-state index in [1.807, 2.05) is 30.7 Å². The summed E-state index contributed by atoms with van der Waals surface area (Å²) in [7, 11) is 3.68. The van der Waals surface area contributed by atoms with Gasteiger partial charge in [-0.2, -0.15) is 0 Å². The van der Waals surface area contributed by atoms with Crippen molar-refractivity contribution in [1.82, 2.24) is 29.9 Å². The number of hydrogen-bond acceptors (Lipinski definition) is 5. The molecule has 1 atom stereocenters. The van der Waals surface area contributed by atoms with Crippen LogP contribution in [0.4, 0.5) is 0 Å². The van der Waals surface area contributed by atoms with E-state index in [9.17, 15) is 0 Å². The zero-order valence-corrected chi connectivity index (χ0v) is 18.8. The van der Waals surface area contributed by atoms with Crippen LogP contribution in [0.2, 0.25) is 0 Å². The van der Waals surface area contributed by atoms with Crippen LogP contribution in [0.3, 0.4) is 0 Å². The molecule has 2 aromatic rings. The van der Waals surface area contributed by atoms with Crippen LogP contribution < -0.4 is 10.1 Å². The molecule has 0 radical (unpaired) electrons. The molecule has 0 spiro atoms. The molecule has 0 saturated carbocycles. The maximum Gasteiger partial charge on any atom is 0.194 e. The van der Waals surface area contributed by atoms with Gasteiger partial charge in [-0.25, -0.2) is 4.99 Å². The van der Waals surface area contributed by atoms with Gasteiger partial charge in [0.15, 0.2) is 11.8 Å². The monoisotopic (exact) mass is 423 g/mol. The summed E-state index contributed by atoms with van der Waals surface area (Å²) in [6, 6.07) is 8.84. The second-order valence-corrected chi connectivity index (χ2v) is 8.20. The number of ether oxygens (including phenoxy) is 1. The lowest BCUT2D eigenvalue weighted by Gasteiger charge is -2.25. The van der Waals surface area contributed by atoms with Gasteiger partial charge in [0.1, 0.15) is 18.1 Å². The molecular weight excluding hydrogens is 390 g/mol. The number of aromatic nitrogens is 3. The first-order valence-corrected chi connectivity index (χ1v) is 11.0. The highest BCUT2D eigenvalue weighted by Gasteiger charge is 2.29. The molecule has 2 aliphatic rings. The number of hydrogen-bond donors (Lipinski definition) is 1. The van der Waals surface area contributed by atoms with Gasteiger partial charge in [-0.1, -0.05) is 24.3 Å². The molecule has 4 rings (SSSR count). The van der Waals surface area contributed by atoms with Crippen molar-refractivity contribution < 1.29 is 4.74 Å². The van der Waals surface area contributed by atoms with Crippen LogP contribution in [0.25, 0.3) is 0 Å². The summed E-state index contributed by atoms with van der Waals surface area (Å²) in [5, 5.41) is 12.0. The van der Waals surface area contributed by atoms with Gasteiger partial charge in [0.05, 0.1) is 7.11 Å². The summed E-state index contributed by atoms with van der Waals surface area (Å²) in [5.41, 5.74) is 1.28. The summed E-state index contributed by atoms with van der Waals surface area (Å²) in [6.07, 6.45) is 6.63. The van der Waals surface area contributed by atoms with Crippen molar-refractivity contribution in [2.45, 2.75) is 32.4 Å². The van der Waals surface area contributed by atoms with Crippen LogP contribution in [0.5, 0.6) is 5.75 Å². The topological polar surface area (TPSA) is 70.8 Å². The van der Waals surface area contributed by atoms with Crippen molar-refractivity contribution in [3.8, 4) is 5.75 Å². The van der Waals surface area contributed by atoms with Gasteiger partial charge >= 0.3 is 0 Å². The Kier molecular flexibility index (Phi) is 6.86. The number of likely N-dealkylation sites (tertiary alicyclic amines) is 1. The van der Waals surface area contributed by atoms with Gasteiger partial charge in [0.2, 0.25) is 0 Å². The Morgan fingerprint density at radius 3 is 2.65 bits per heavy atom. The van der Waals surface area contributed by atoms with Crippen molar-refractivity contribution in [1.29, 1.82) is 0 Å². The van der Waals surface area contributed by atoms with Crippen molar-refractivity contribution in [3.63, 3.8) is 0 Å². The van der Waals surface area contributed by atoms with E-state index in [1.54, 1.807) is 7.11 Å². The Bertz CT molecular complexity index is 911. The van der Waals surface area contributed by atoms with Gasteiger partial charge in [-0.15, -0.1) is 10.2 Å². The largest absolute Gasteiger partial charge is 0.497 e. The number of methoxy groups -OCH3 is 1. The maximum absolute atomic E-state index is 5.25. The first-order chi connectivity index (χ1) is 15.1. The molecule has 1 aromatic heterocycles. The van der Waals surface area contributed by atoms with Gasteiger partial charge in [0.25, 0.3) is 0 Å². The van der Waals surface area contributed by atoms with Crippen molar-refractivity contribution in [3.05, 3.63) is 53.6 Å². The van der Waals surface area contributed by atoms with Crippen molar-refractivity contribution in [2.75, 3.05) is 39.8 Å². The van der Waals surface area contributed by atoms with Gasteiger partial charge in [-0.3, -0.25) is 4.90 Å². The van der Waals surface area contributed by atoms with Gasteiger partial charge < -0.3 is 19.5 Å². The number of rotatable bonds is 7. The SMILES string of the molecule is COc1ccc(CCNC(=NCc2nnc(C)n2C)N2CCC(N3CC=CC3)C2)cc1. The quantitative estimate of drug-likeness (QED) is 0.416. The van der Waals surface area contributed by atoms with Crippen LogP contribution in [-0.2, 0) is 20.0 Å². The number of nitrogens with one attached hydrogen (secondary N) is 1. The summed E-state index contributed by atoms with van der Waals surface area (Å²) in [5.74, 6) is 3.63. The van der Waals surface area contributed by atoms with Crippen LogP contribution in [0.15, 0.2) is 41.4 Å². The predicted octanol–water partition coefficient (Wildman–Crippen LogP) is 1.77. The fraction of sp³-hybridized carbons (Fsp3) is 0.522. The average molecular weight is 424 g/mol. The summed E-state index contributed by atoms with van der Waals surface area (Å²) in [6.45, 7) is 7.47. The molecule has 0 aliphatic carbocycles. The van der Waals surface area contributed by atoms with E-state index in [1.165, 1.54) is 12.0 Å². The fourth-order valence-corrected chi connectivity index (χ4v) is 4.14. The Hall–Kier alpha value is -2.87. The molecule has 1 N–H and O–H groups in total. The highest BCUT2D eigenvalue weighted by atomic mass is 16.5. The van der Waals surface area contributed by atoms with Gasteiger partial charge in [0, 0.05) is 45.8 Å². The third-order valence-electron chi connectivity index (χ3n) is 6.23. The lowest BCUT2D eigenvalue weighted by Crippen LogP contribution is -2.43. The first-order valence-electron chi connectivity index (χ1n) is 11.0. The molecule has 1 aromatic carbocycles.